The largest absolute Gasteiger partial charge is 0.493 e. The molecule has 1 heterocycles. The van der Waals surface area contributed by atoms with Gasteiger partial charge in [0.05, 0.1) is 20.8 Å². The Bertz CT molecular complexity index is 672. The molecule has 2 amide bonds. The molecule has 8 nitrogen and oxygen atoms in total. The van der Waals surface area contributed by atoms with Crippen LogP contribution >= 0.6 is 0 Å². The first-order valence-electron chi connectivity index (χ1n) is 8.68. The van der Waals surface area contributed by atoms with Crippen LogP contribution in [0.1, 0.15) is 25.7 Å². The Kier molecular flexibility index (Phi) is 5.63. The molecule has 1 saturated carbocycles. The van der Waals surface area contributed by atoms with Gasteiger partial charge in [-0.05, 0) is 25.0 Å². The zero-order valence-corrected chi connectivity index (χ0v) is 15.0. The zero-order chi connectivity index (χ0) is 18.6. The van der Waals surface area contributed by atoms with Crippen molar-refractivity contribution in [2.45, 2.75) is 37.6 Å². The Hall–Kier alpha value is -2.32. The molecule has 1 aromatic rings. The van der Waals surface area contributed by atoms with Gasteiger partial charge in [-0.25, -0.2) is 0 Å². The predicted octanol–water partition coefficient (Wildman–Crippen LogP) is 1.44. The molecule has 0 bridgehead atoms. The third kappa shape index (κ3) is 4.08. The summed E-state index contributed by atoms with van der Waals surface area (Å²) in [6.07, 6.45) is 3.72. The normalized spacial score (nSPS) is 20.8. The number of hydrogen-bond donors (Lipinski definition) is 2. The molecule has 2 N–H and O–H groups in total. The average molecular weight is 364 g/mol. The van der Waals surface area contributed by atoms with Crippen molar-refractivity contribution in [2.75, 3.05) is 32.7 Å². The molecule has 8 heteroatoms. The van der Waals surface area contributed by atoms with E-state index in [1.807, 2.05) is 0 Å². The summed E-state index contributed by atoms with van der Waals surface area (Å²) < 4.78 is 22.0. The van der Waals surface area contributed by atoms with Crippen molar-refractivity contribution in [1.82, 2.24) is 5.32 Å². The van der Waals surface area contributed by atoms with Crippen LogP contribution in [0.4, 0.5) is 5.69 Å². The van der Waals surface area contributed by atoms with Gasteiger partial charge >= 0.3 is 11.8 Å². The van der Waals surface area contributed by atoms with Crippen LogP contribution in [0.15, 0.2) is 18.2 Å². The maximum absolute atomic E-state index is 12.1. The van der Waals surface area contributed by atoms with Gasteiger partial charge in [-0.2, -0.15) is 0 Å². The number of ether oxygens (including phenoxy) is 4. The smallest absolute Gasteiger partial charge is 0.313 e. The third-order valence-corrected chi connectivity index (χ3v) is 4.62. The third-order valence-electron chi connectivity index (χ3n) is 4.62. The van der Waals surface area contributed by atoms with Gasteiger partial charge in [-0.1, -0.05) is 0 Å². The van der Waals surface area contributed by atoms with Crippen molar-refractivity contribution >= 4 is 17.5 Å². The monoisotopic (exact) mass is 364 g/mol. The van der Waals surface area contributed by atoms with Crippen molar-refractivity contribution in [2.24, 2.45) is 0 Å². The van der Waals surface area contributed by atoms with E-state index in [9.17, 15) is 9.59 Å². The number of hydrogen-bond acceptors (Lipinski definition) is 6. The summed E-state index contributed by atoms with van der Waals surface area (Å²) in [5, 5.41) is 5.12. The Labute approximate surface area is 152 Å². The van der Waals surface area contributed by atoms with E-state index in [-0.39, 0.29) is 12.6 Å². The molecule has 1 atom stereocenters. The molecule has 3 rings (SSSR count). The maximum Gasteiger partial charge on any atom is 0.313 e. The van der Waals surface area contributed by atoms with Crippen molar-refractivity contribution in [3.05, 3.63) is 18.2 Å². The molecule has 1 aliphatic heterocycles. The fourth-order valence-corrected chi connectivity index (χ4v) is 3.28. The Morgan fingerprint density at radius 2 is 1.88 bits per heavy atom. The second-order valence-electron chi connectivity index (χ2n) is 6.40. The molecular weight excluding hydrogens is 340 g/mol. The molecular formula is C18H24N2O6. The number of benzene rings is 1. The van der Waals surface area contributed by atoms with Crippen molar-refractivity contribution < 1.29 is 28.5 Å². The molecule has 26 heavy (non-hydrogen) atoms. The topological polar surface area (TPSA) is 95.1 Å². The number of carbonyl (C=O) groups is 2. The summed E-state index contributed by atoms with van der Waals surface area (Å²) in [4.78, 5) is 24.1. The second-order valence-corrected chi connectivity index (χ2v) is 6.40. The zero-order valence-electron chi connectivity index (χ0n) is 15.0. The average Bonchev–Trinajstić information content (AvgIpc) is 3.29. The van der Waals surface area contributed by atoms with Gasteiger partial charge in [0, 0.05) is 31.1 Å². The summed E-state index contributed by atoms with van der Waals surface area (Å²) in [7, 11) is 3.02. The van der Waals surface area contributed by atoms with Gasteiger partial charge in [-0.3, -0.25) is 9.59 Å². The van der Waals surface area contributed by atoms with Gasteiger partial charge < -0.3 is 29.6 Å². The van der Waals surface area contributed by atoms with E-state index in [4.69, 9.17) is 18.9 Å². The molecule has 1 aromatic carbocycles. The van der Waals surface area contributed by atoms with Crippen LogP contribution in [0, 0.1) is 0 Å². The van der Waals surface area contributed by atoms with E-state index >= 15 is 0 Å². The quantitative estimate of drug-likeness (QED) is 0.768. The first-order chi connectivity index (χ1) is 12.5. The van der Waals surface area contributed by atoms with E-state index in [0.717, 1.165) is 25.7 Å². The van der Waals surface area contributed by atoms with Crippen LogP contribution in [-0.4, -0.2) is 51.1 Å². The molecule has 142 valence electrons. The van der Waals surface area contributed by atoms with Crippen molar-refractivity contribution in [3.8, 4) is 11.5 Å². The van der Waals surface area contributed by atoms with E-state index in [1.54, 1.807) is 18.2 Å². The van der Waals surface area contributed by atoms with Crippen LogP contribution in [0.5, 0.6) is 11.5 Å². The molecule has 1 saturated heterocycles. The van der Waals surface area contributed by atoms with Gasteiger partial charge in [0.1, 0.15) is 6.10 Å². The lowest BCUT2D eigenvalue weighted by Gasteiger charge is -2.21. The highest BCUT2D eigenvalue weighted by atomic mass is 16.7. The Morgan fingerprint density at radius 1 is 1.15 bits per heavy atom. The highest BCUT2D eigenvalue weighted by molar-refractivity contribution is 6.39. The minimum Gasteiger partial charge on any atom is -0.493 e. The number of methoxy groups -OCH3 is 2. The minimum absolute atomic E-state index is 0.231. The summed E-state index contributed by atoms with van der Waals surface area (Å²) in [5.41, 5.74) is 0.438. The molecule has 0 unspecified atom stereocenters. The SMILES string of the molecule is COc1ccc(NC(=O)C(=O)NC[C@@H]2COC3(CCCC3)O2)cc1OC. The Balaban J connectivity index is 1.48. The fourth-order valence-electron chi connectivity index (χ4n) is 3.28. The summed E-state index contributed by atoms with van der Waals surface area (Å²) in [6, 6.07) is 4.86. The van der Waals surface area contributed by atoms with Crippen LogP contribution in [-0.2, 0) is 19.1 Å². The highest BCUT2D eigenvalue weighted by Gasteiger charge is 2.43. The number of anilines is 1. The van der Waals surface area contributed by atoms with E-state index in [0.29, 0.717) is 23.8 Å². The first-order valence-corrected chi connectivity index (χ1v) is 8.68. The highest BCUT2D eigenvalue weighted by Crippen LogP contribution is 2.39. The minimum atomic E-state index is -0.758. The standard InChI is InChI=1S/C18H24N2O6/c1-23-14-6-5-12(9-15(14)24-2)20-17(22)16(21)19-10-13-11-25-18(26-13)7-3-4-8-18/h5-6,9,13H,3-4,7-8,10-11H2,1-2H3,(H,19,21)(H,20,22)/t13-/m1/s1. The number of amides is 2. The molecule has 2 fully saturated rings. The lowest BCUT2D eigenvalue weighted by Crippen LogP contribution is -2.40. The van der Waals surface area contributed by atoms with Crippen molar-refractivity contribution in [3.63, 3.8) is 0 Å². The number of carbonyl (C=O) groups excluding carboxylic acids is 2. The van der Waals surface area contributed by atoms with Crippen LogP contribution < -0.4 is 20.1 Å². The second kappa shape index (κ2) is 7.92. The van der Waals surface area contributed by atoms with Crippen LogP contribution in [0.2, 0.25) is 0 Å². The lowest BCUT2D eigenvalue weighted by atomic mass is 10.2. The molecule has 2 aliphatic rings. The number of rotatable bonds is 5. The van der Waals surface area contributed by atoms with Gasteiger partial charge in [0.15, 0.2) is 17.3 Å². The maximum atomic E-state index is 12.1. The summed E-state index contributed by atoms with van der Waals surface area (Å²) >= 11 is 0. The van der Waals surface area contributed by atoms with Crippen molar-refractivity contribution in [1.29, 1.82) is 0 Å². The molecule has 1 spiro atoms. The molecule has 0 aromatic heterocycles. The summed E-state index contributed by atoms with van der Waals surface area (Å²) in [5.74, 6) is -0.960. The van der Waals surface area contributed by atoms with E-state index < -0.39 is 17.6 Å². The van der Waals surface area contributed by atoms with E-state index in [2.05, 4.69) is 10.6 Å². The molecule has 1 aliphatic carbocycles. The van der Waals surface area contributed by atoms with Crippen LogP contribution in [0.25, 0.3) is 0 Å². The van der Waals surface area contributed by atoms with Gasteiger partial charge in [0.25, 0.3) is 0 Å². The van der Waals surface area contributed by atoms with Gasteiger partial charge in [0.2, 0.25) is 0 Å². The first kappa shape index (κ1) is 18.5. The fraction of sp³-hybridized carbons (Fsp3) is 0.556. The molecule has 0 radical (unpaired) electrons. The predicted molar refractivity (Wildman–Crippen MR) is 93.2 cm³/mol. The van der Waals surface area contributed by atoms with Crippen LogP contribution in [0.3, 0.4) is 0 Å². The van der Waals surface area contributed by atoms with Gasteiger partial charge in [-0.15, -0.1) is 0 Å². The lowest BCUT2D eigenvalue weighted by molar-refractivity contribution is -0.161. The van der Waals surface area contributed by atoms with E-state index in [1.165, 1.54) is 14.2 Å². The number of nitrogens with one attached hydrogen (secondary N) is 2. The Morgan fingerprint density at radius 3 is 2.58 bits per heavy atom. The summed E-state index contributed by atoms with van der Waals surface area (Å²) in [6.45, 7) is 0.664.